The van der Waals surface area contributed by atoms with Crippen molar-refractivity contribution in [1.82, 2.24) is 14.9 Å². The Morgan fingerprint density at radius 3 is 2.48 bits per heavy atom. The number of imidazole rings is 1. The monoisotopic (exact) mass is 287 g/mol. The summed E-state index contributed by atoms with van der Waals surface area (Å²) in [5.74, 6) is 0.889. The quantitative estimate of drug-likeness (QED) is 0.846. The molecule has 21 heavy (non-hydrogen) atoms. The number of nitrogens with zero attached hydrogens (tertiary/aromatic N) is 2. The van der Waals surface area contributed by atoms with E-state index in [2.05, 4.69) is 54.7 Å². The molecule has 0 aliphatic rings. The van der Waals surface area contributed by atoms with Crippen LogP contribution in [0.25, 0.3) is 0 Å². The fourth-order valence-corrected chi connectivity index (χ4v) is 2.09. The van der Waals surface area contributed by atoms with Crippen LogP contribution in [0.3, 0.4) is 0 Å². The molecule has 0 bridgehead atoms. The minimum atomic E-state index is 0.399. The number of rotatable bonds is 7. The zero-order chi connectivity index (χ0) is 15.2. The van der Waals surface area contributed by atoms with Gasteiger partial charge in [0.2, 0.25) is 0 Å². The zero-order valence-corrected chi connectivity index (χ0v) is 13.3. The first-order valence-corrected chi connectivity index (χ1v) is 7.52. The molecule has 114 valence electrons. The molecule has 0 fully saturated rings. The number of benzene rings is 1. The predicted octanol–water partition coefficient (Wildman–Crippen LogP) is 3.54. The van der Waals surface area contributed by atoms with Crippen LogP contribution >= 0.6 is 0 Å². The highest BCUT2D eigenvalue weighted by atomic mass is 16.5. The summed E-state index contributed by atoms with van der Waals surface area (Å²) in [6.45, 7) is 10.0. The first kappa shape index (κ1) is 15.6. The minimum absolute atomic E-state index is 0.399. The molecule has 0 saturated carbocycles. The lowest BCUT2D eigenvalue weighted by Crippen LogP contribution is -2.21. The first-order chi connectivity index (χ1) is 10.1. The Morgan fingerprint density at radius 2 is 1.86 bits per heavy atom. The molecule has 1 aromatic heterocycles. The van der Waals surface area contributed by atoms with Gasteiger partial charge in [-0.05, 0) is 31.5 Å². The van der Waals surface area contributed by atoms with Crippen LogP contribution in [0.15, 0.2) is 36.8 Å². The molecule has 0 amide bonds. The topological polar surface area (TPSA) is 39.1 Å². The minimum Gasteiger partial charge on any atom is -0.487 e. The van der Waals surface area contributed by atoms with Crippen LogP contribution in [0.1, 0.15) is 45.0 Å². The van der Waals surface area contributed by atoms with E-state index in [-0.39, 0.29) is 0 Å². The summed E-state index contributed by atoms with van der Waals surface area (Å²) in [7, 11) is 0. The Morgan fingerprint density at radius 1 is 1.14 bits per heavy atom. The molecule has 0 aliphatic heterocycles. The van der Waals surface area contributed by atoms with Crippen LogP contribution < -0.4 is 10.1 Å². The molecule has 2 rings (SSSR count). The maximum Gasteiger partial charge on any atom is 0.130 e. The van der Waals surface area contributed by atoms with E-state index < -0.39 is 0 Å². The van der Waals surface area contributed by atoms with Crippen LogP contribution in [0.2, 0.25) is 0 Å². The van der Waals surface area contributed by atoms with Crippen LogP contribution in [-0.2, 0) is 13.2 Å². The molecule has 0 radical (unpaired) electrons. The molecule has 2 aromatic rings. The van der Waals surface area contributed by atoms with Gasteiger partial charge in [0.1, 0.15) is 12.4 Å². The van der Waals surface area contributed by atoms with Gasteiger partial charge in [-0.15, -0.1) is 0 Å². The van der Waals surface area contributed by atoms with E-state index >= 15 is 0 Å². The number of aromatic nitrogens is 2. The van der Waals surface area contributed by atoms with E-state index in [4.69, 9.17) is 4.74 Å². The average Bonchev–Trinajstić information content (AvgIpc) is 2.92. The Kier molecular flexibility index (Phi) is 5.39. The van der Waals surface area contributed by atoms with E-state index in [9.17, 15) is 0 Å². The van der Waals surface area contributed by atoms with Gasteiger partial charge in [-0.3, -0.25) is 0 Å². The fraction of sp³-hybridized carbons (Fsp3) is 0.471. The van der Waals surface area contributed by atoms with Crippen LogP contribution in [-0.4, -0.2) is 15.6 Å². The van der Waals surface area contributed by atoms with Crippen molar-refractivity contribution in [2.45, 2.75) is 52.9 Å². The third-order valence-electron chi connectivity index (χ3n) is 3.33. The first-order valence-electron chi connectivity index (χ1n) is 7.52. The molecular weight excluding hydrogens is 262 g/mol. The molecule has 0 saturated heterocycles. The van der Waals surface area contributed by atoms with Gasteiger partial charge in [0.15, 0.2) is 0 Å². The summed E-state index contributed by atoms with van der Waals surface area (Å²) in [5, 5.41) is 3.40. The van der Waals surface area contributed by atoms with Gasteiger partial charge >= 0.3 is 0 Å². The molecular formula is C17H25N3O. The van der Waals surface area contributed by atoms with E-state index in [1.165, 1.54) is 5.56 Å². The molecule has 1 heterocycles. The van der Waals surface area contributed by atoms with Crippen LogP contribution in [0.5, 0.6) is 5.75 Å². The lowest BCUT2D eigenvalue weighted by Gasteiger charge is -2.13. The fourth-order valence-electron chi connectivity index (χ4n) is 2.09. The van der Waals surface area contributed by atoms with Crippen molar-refractivity contribution in [2.75, 3.05) is 0 Å². The van der Waals surface area contributed by atoms with Crippen molar-refractivity contribution >= 4 is 0 Å². The van der Waals surface area contributed by atoms with E-state index in [1.54, 1.807) is 0 Å². The van der Waals surface area contributed by atoms with Gasteiger partial charge in [0.25, 0.3) is 0 Å². The molecule has 4 nitrogen and oxygen atoms in total. The second-order valence-electron chi connectivity index (χ2n) is 5.85. The number of hydrogen-bond acceptors (Lipinski definition) is 3. The maximum absolute atomic E-state index is 5.84. The highest BCUT2D eigenvalue weighted by molar-refractivity contribution is 5.27. The standard InChI is InChI=1S/C17H25N3O/c1-13(2)19-9-15-5-7-17(8-6-15)21-11-16-10-18-12-20(16)14(3)4/h5-8,10,12-14,19H,9,11H2,1-4H3. The Bertz CT molecular complexity index is 543. The van der Waals surface area contributed by atoms with Crippen molar-refractivity contribution < 1.29 is 4.74 Å². The average molecular weight is 287 g/mol. The summed E-state index contributed by atoms with van der Waals surface area (Å²) in [6, 6.07) is 9.14. The number of hydrogen-bond donors (Lipinski definition) is 1. The molecule has 1 N–H and O–H groups in total. The Hall–Kier alpha value is -1.81. The van der Waals surface area contributed by atoms with Crippen molar-refractivity contribution in [3.63, 3.8) is 0 Å². The SMILES string of the molecule is CC(C)NCc1ccc(OCc2cncn2C(C)C)cc1. The number of ether oxygens (including phenoxy) is 1. The van der Waals surface area contributed by atoms with Crippen LogP contribution in [0.4, 0.5) is 0 Å². The molecule has 0 aliphatic carbocycles. The third kappa shape index (κ3) is 4.60. The van der Waals surface area contributed by atoms with Gasteiger partial charge < -0.3 is 14.6 Å². The van der Waals surface area contributed by atoms with Crippen molar-refractivity contribution in [2.24, 2.45) is 0 Å². The van der Waals surface area contributed by atoms with E-state index in [1.807, 2.05) is 24.7 Å². The highest BCUT2D eigenvalue weighted by Gasteiger charge is 2.06. The summed E-state index contributed by atoms with van der Waals surface area (Å²) < 4.78 is 7.97. The molecule has 0 spiro atoms. The van der Waals surface area contributed by atoms with Gasteiger partial charge in [0.05, 0.1) is 18.2 Å². The number of nitrogens with one attached hydrogen (secondary N) is 1. The summed E-state index contributed by atoms with van der Waals surface area (Å²) in [6.07, 6.45) is 3.71. The molecule has 1 aromatic carbocycles. The largest absolute Gasteiger partial charge is 0.487 e. The normalized spacial score (nSPS) is 11.3. The summed E-state index contributed by atoms with van der Waals surface area (Å²) in [5.41, 5.74) is 2.36. The van der Waals surface area contributed by atoms with Crippen LogP contribution in [0, 0.1) is 0 Å². The smallest absolute Gasteiger partial charge is 0.130 e. The summed E-state index contributed by atoms with van der Waals surface area (Å²) in [4.78, 5) is 4.19. The van der Waals surface area contributed by atoms with E-state index in [0.29, 0.717) is 18.7 Å². The predicted molar refractivity (Wildman–Crippen MR) is 85.4 cm³/mol. The highest BCUT2D eigenvalue weighted by Crippen LogP contribution is 2.16. The molecule has 4 heteroatoms. The second-order valence-corrected chi connectivity index (χ2v) is 5.85. The molecule has 0 atom stereocenters. The zero-order valence-electron chi connectivity index (χ0n) is 13.3. The van der Waals surface area contributed by atoms with Crippen molar-refractivity contribution in [1.29, 1.82) is 0 Å². The second kappa shape index (κ2) is 7.27. The lowest BCUT2D eigenvalue weighted by molar-refractivity contribution is 0.292. The lowest BCUT2D eigenvalue weighted by atomic mass is 10.2. The Balaban J connectivity index is 1.90. The maximum atomic E-state index is 5.84. The third-order valence-corrected chi connectivity index (χ3v) is 3.33. The van der Waals surface area contributed by atoms with Gasteiger partial charge in [-0.1, -0.05) is 26.0 Å². The van der Waals surface area contributed by atoms with Crippen molar-refractivity contribution in [3.8, 4) is 5.75 Å². The van der Waals surface area contributed by atoms with Gasteiger partial charge in [-0.25, -0.2) is 4.98 Å². The molecule has 0 unspecified atom stereocenters. The summed E-state index contributed by atoms with van der Waals surface area (Å²) >= 11 is 0. The van der Waals surface area contributed by atoms with Gasteiger partial charge in [-0.2, -0.15) is 0 Å². The van der Waals surface area contributed by atoms with E-state index in [0.717, 1.165) is 18.0 Å². The van der Waals surface area contributed by atoms with Gasteiger partial charge in [0, 0.05) is 18.6 Å². The van der Waals surface area contributed by atoms with Crippen molar-refractivity contribution in [3.05, 3.63) is 48.0 Å². The Labute approximate surface area is 127 Å².